The lowest BCUT2D eigenvalue weighted by Gasteiger charge is -2.08. The molecule has 100 valence electrons. The van der Waals surface area contributed by atoms with Crippen molar-refractivity contribution in [2.45, 2.75) is 10.6 Å². The van der Waals surface area contributed by atoms with E-state index in [1.54, 1.807) is 41.8 Å². The van der Waals surface area contributed by atoms with E-state index in [0.29, 0.717) is 5.75 Å². The maximum Gasteiger partial charge on any atom is 0.269 e. The van der Waals surface area contributed by atoms with Crippen molar-refractivity contribution in [3.8, 4) is 0 Å². The second kappa shape index (κ2) is 5.75. The molecular weight excluding hydrogens is 264 g/mol. The quantitative estimate of drug-likeness (QED) is 0.517. The van der Waals surface area contributed by atoms with Gasteiger partial charge >= 0.3 is 0 Å². The van der Waals surface area contributed by atoms with Crippen LogP contribution >= 0.6 is 11.8 Å². The van der Waals surface area contributed by atoms with Gasteiger partial charge in [0.15, 0.2) is 0 Å². The number of hydrogen-bond donors (Lipinski definition) is 1. The molecule has 0 fully saturated rings. The predicted octanol–water partition coefficient (Wildman–Crippen LogP) is 2.66. The molecule has 2 rings (SSSR count). The van der Waals surface area contributed by atoms with Gasteiger partial charge in [0.05, 0.1) is 11.1 Å². The molecule has 0 amide bonds. The molecule has 1 aromatic heterocycles. The first kappa shape index (κ1) is 13.4. The summed E-state index contributed by atoms with van der Waals surface area (Å²) in [6.07, 6.45) is 3.70. The number of aryl methyl sites for hydroxylation is 1. The largest absolute Gasteiger partial charge is 0.388 e. The summed E-state index contributed by atoms with van der Waals surface area (Å²) in [5.74, 6) is 0.656. The Bertz CT molecular complexity index is 597. The third-order valence-corrected chi connectivity index (χ3v) is 3.64. The molecule has 0 aliphatic rings. The van der Waals surface area contributed by atoms with Gasteiger partial charge in [-0.15, -0.1) is 11.8 Å². The topological polar surface area (TPSA) is 73.0 Å². The molecule has 0 radical (unpaired) electrons. The molecule has 2 aromatic rings. The summed E-state index contributed by atoms with van der Waals surface area (Å²) < 4.78 is 1.73. The summed E-state index contributed by atoms with van der Waals surface area (Å²) in [7, 11) is 3.66. The molecule has 0 atom stereocenters. The zero-order valence-electron chi connectivity index (χ0n) is 10.7. The number of rotatable bonds is 5. The van der Waals surface area contributed by atoms with Crippen LogP contribution in [0.3, 0.4) is 0 Å². The highest BCUT2D eigenvalue weighted by atomic mass is 32.2. The highest BCUT2D eigenvalue weighted by molar-refractivity contribution is 7.98. The first-order valence-electron chi connectivity index (χ1n) is 5.66. The number of anilines is 1. The molecule has 0 saturated heterocycles. The van der Waals surface area contributed by atoms with Crippen molar-refractivity contribution >= 4 is 23.1 Å². The average Bonchev–Trinajstić information content (AvgIpc) is 2.81. The van der Waals surface area contributed by atoms with E-state index < -0.39 is 0 Å². The monoisotopic (exact) mass is 278 g/mol. The molecule has 19 heavy (non-hydrogen) atoms. The molecule has 0 aliphatic carbocycles. The van der Waals surface area contributed by atoms with E-state index in [0.717, 1.165) is 16.1 Å². The van der Waals surface area contributed by atoms with Gasteiger partial charge in [0, 0.05) is 48.8 Å². The summed E-state index contributed by atoms with van der Waals surface area (Å²) in [4.78, 5) is 11.5. The Morgan fingerprint density at radius 3 is 2.89 bits per heavy atom. The van der Waals surface area contributed by atoms with Gasteiger partial charge in [-0.2, -0.15) is 5.10 Å². The van der Waals surface area contributed by atoms with Crippen molar-refractivity contribution in [2.24, 2.45) is 7.05 Å². The van der Waals surface area contributed by atoms with Crippen LogP contribution in [0.5, 0.6) is 0 Å². The molecule has 7 heteroatoms. The van der Waals surface area contributed by atoms with Gasteiger partial charge in [-0.05, 0) is 11.6 Å². The SMILES string of the molecule is CNc1ccc([N+](=O)[O-])cc1CSc1cnn(C)c1. The van der Waals surface area contributed by atoms with E-state index in [4.69, 9.17) is 0 Å². The van der Waals surface area contributed by atoms with Gasteiger partial charge < -0.3 is 5.32 Å². The lowest BCUT2D eigenvalue weighted by Crippen LogP contribution is -1.96. The van der Waals surface area contributed by atoms with Crippen LogP contribution in [0, 0.1) is 10.1 Å². The molecule has 0 saturated carbocycles. The van der Waals surface area contributed by atoms with Gasteiger partial charge in [0.25, 0.3) is 5.69 Å². The molecular formula is C12H14N4O2S. The Labute approximate surface area is 115 Å². The number of aromatic nitrogens is 2. The maximum absolute atomic E-state index is 10.8. The minimum Gasteiger partial charge on any atom is -0.388 e. The van der Waals surface area contributed by atoms with Crippen molar-refractivity contribution in [3.05, 3.63) is 46.3 Å². The Kier molecular flexibility index (Phi) is 4.06. The molecule has 1 aromatic carbocycles. The second-order valence-electron chi connectivity index (χ2n) is 3.99. The van der Waals surface area contributed by atoms with Crippen LogP contribution in [0.15, 0.2) is 35.5 Å². The van der Waals surface area contributed by atoms with Gasteiger partial charge in [-0.25, -0.2) is 0 Å². The number of nitrogens with one attached hydrogen (secondary N) is 1. The van der Waals surface area contributed by atoms with Gasteiger partial charge in [0.1, 0.15) is 0 Å². The lowest BCUT2D eigenvalue weighted by atomic mass is 10.2. The van der Waals surface area contributed by atoms with E-state index in [-0.39, 0.29) is 10.6 Å². The number of nitrogens with zero attached hydrogens (tertiary/aromatic N) is 3. The Morgan fingerprint density at radius 2 is 2.32 bits per heavy atom. The maximum atomic E-state index is 10.8. The van der Waals surface area contributed by atoms with E-state index in [1.165, 1.54) is 6.07 Å². The van der Waals surface area contributed by atoms with Crippen LogP contribution in [-0.2, 0) is 12.8 Å². The van der Waals surface area contributed by atoms with Crippen molar-refractivity contribution in [1.82, 2.24) is 9.78 Å². The molecule has 0 bridgehead atoms. The summed E-state index contributed by atoms with van der Waals surface area (Å²) in [5, 5.41) is 17.9. The number of hydrogen-bond acceptors (Lipinski definition) is 5. The number of non-ortho nitro benzene ring substituents is 1. The average molecular weight is 278 g/mol. The molecule has 0 unspecified atom stereocenters. The predicted molar refractivity (Wildman–Crippen MR) is 75.4 cm³/mol. The van der Waals surface area contributed by atoms with Crippen LogP contribution in [0.1, 0.15) is 5.56 Å². The third kappa shape index (κ3) is 3.25. The minimum atomic E-state index is -0.377. The second-order valence-corrected chi connectivity index (χ2v) is 5.04. The summed E-state index contributed by atoms with van der Waals surface area (Å²) in [6, 6.07) is 4.84. The van der Waals surface area contributed by atoms with Crippen molar-refractivity contribution in [1.29, 1.82) is 0 Å². The molecule has 0 aliphatic heterocycles. The lowest BCUT2D eigenvalue weighted by molar-refractivity contribution is -0.384. The van der Waals surface area contributed by atoms with E-state index >= 15 is 0 Å². The van der Waals surface area contributed by atoms with Gasteiger partial charge in [-0.3, -0.25) is 14.8 Å². The van der Waals surface area contributed by atoms with Crippen molar-refractivity contribution in [2.75, 3.05) is 12.4 Å². The zero-order chi connectivity index (χ0) is 13.8. The van der Waals surface area contributed by atoms with Crippen LogP contribution in [-0.4, -0.2) is 21.8 Å². The Hall–Kier alpha value is -2.02. The Morgan fingerprint density at radius 1 is 1.53 bits per heavy atom. The smallest absolute Gasteiger partial charge is 0.269 e. The summed E-state index contributed by atoms with van der Waals surface area (Å²) >= 11 is 1.60. The van der Waals surface area contributed by atoms with Crippen LogP contribution < -0.4 is 5.32 Å². The van der Waals surface area contributed by atoms with E-state index in [1.807, 2.05) is 13.2 Å². The zero-order valence-corrected chi connectivity index (χ0v) is 11.5. The summed E-state index contributed by atoms with van der Waals surface area (Å²) in [6.45, 7) is 0. The first-order valence-corrected chi connectivity index (χ1v) is 6.65. The van der Waals surface area contributed by atoms with E-state index in [2.05, 4.69) is 10.4 Å². The normalized spacial score (nSPS) is 10.4. The van der Waals surface area contributed by atoms with Crippen LogP contribution in [0.25, 0.3) is 0 Å². The van der Waals surface area contributed by atoms with E-state index in [9.17, 15) is 10.1 Å². The number of nitro benzene ring substituents is 1. The third-order valence-electron chi connectivity index (χ3n) is 2.64. The first-order chi connectivity index (χ1) is 9.10. The number of nitro groups is 1. The molecule has 1 N–H and O–H groups in total. The van der Waals surface area contributed by atoms with Crippen LogP contribution in [0.2, 0.25) is 0 Å². The fraction of sp³-hybridized carbons (Fsp3) is 0.250. The fourth-order valence-corrected chi connectivity index (χ4v) is 2.60. The minimum absolute atomic E-state index is 0.112. The highest BCUT2D eigenvalue weighted by Crippen LogP contribution is 2.29. The van der Waals surface area contributed by atoms with Crippen molar-refractivity contribution in [3.63, 3.8) is 0 Å². The fourth-order valence-electron chi connectivity index (χ4n) is 1.69. The Balaban J connectivity index is 2.17. The summed E-state index contributed by atoms with van der Waals surface area (Å²) in [5.41, 5.74) is 1.92. The van der Waals surface area contributed by atoms with Gasteiger partial charge in [-0.1, -0.05) is 0 Å². The molecule has 1 heterocycles. The van der Waals surface area contributed by atoms with Crippen molar-refractivity contribution < 1.29 is 4.92 Å². The van der Waals surface area contributed by atoms with Crippen LogP contribution in [0.4, 0.5) is 11.4 Å². The number of thioether (sulfide) groups is 1. The molecule has 6 nitrogen and oxygen atoms in total. The highest BCUT2D eigenvalue weighted by Gasteiger charge is 2.10. The van der Waals surface area contributed by atoms with Gasteiger partial charge in [0.2, 0.25) is 0 Å². The number of benzene rings is 1. The standard InChI is InChI=1S/C12H14N4O2S/c1-13-12-4-3-10(16(17)18)5-9(12)8-19-11-6-14-15(2)7-11/h3-7,13H,8H2,1-2H3. The molecule has 0 spiro atoms.